The average Bonchev–Trinajstić information content (AvgIpc) is 2.96. The van der Waals surface area contributed by atoms with Gasteiger partial charge in [-0.1, -0.05) is 22.0 Å². The molecule has 0 aliphatic heterocycles. The molecular formula is C14H12BrN3O3S. The van der Waals surface area contributed by atoms with E-state index in [2.05, 4.69) is 30.6 Å². The number of nitrogens with zero attached hydrogens (tertiary/aromatic N) is 1. The van der Waals surface area contributed by atoms with E-state index in [-0.39, 0.29) is 10.6 Å². The molecule has 0 spiro atoms. The van der Waals surface area contributed by atoms with Crippen LogP contribution in [0.5, 0.6) is 5.75 Å². The number of sulfonamides is 1. The van der Waals surface area contributed by atoms with Gasteiger partial charge in [-0.15, -0.1) is 0 Å². The second-order valence-corrected chi connectivity index (χ2v) is 7.07. The maximum absolute atomic E-state index is 12.6. The van der Waals surface area contributed by atoms with Gasteiger partial charge in [0.1, 0.15) is 16.2 Å². The molecule has 0 fully saturated rings. The van der Waals surface area contributed by atoms with Crippen molar-refractivity contribution < 1.29 is 13.2 Å². The number of methoxy groups -OCH3 is 1. The molecule has 1 heterocycles. The number of benzene rings is 2. The van der Waals surface area contributed by atoms with Crippen LogP contribution in [-0.4, -0.2) is 25.5 Å². The molecule has 0 saturated heterocycles. The summed E-state index contributed by atoms with van der Waals surface area (Å²) in [4.78, 5) is 7.13. The summed E-state index contributed by atoms with van der Waals surface area (Å²) in [6, 6.07) is 10.0. The van der Waals surface area contributed by atoms with E-state index < -0.39 is 10.0 Å². The first-order valence-electron chi connectivity index (χ1n) is 6.30. The smallest absolute Gasteiger partial charge is 0.265 e. The van der Waals surface area contributed by atoms with E-state index in [0.717, 1.165) is 5.52 Å². The van der Waals surface area contributed by atoms with Crippen molar-refractivity contribution >= 4 is 42.7 Å². The molecule has 2 N–H and O–H groups in total. The van der Waals surface area contributed by atoms with Gasteiger partial charge in [0.15, 0.2) is 0 Å². The van der Waals surface area contributed by atoms with Crippen LogP contribution in [-0.2, 0) is 10.0 Å². The highest BCUT2D eigenvalue weighted by Gasteiger charge is 2.21. The fraction of sp³-hybridized carbons (Fsp3) is 0.0714. The Morgan fingerprint density at radius 2 is 2.09 bits per heavy atom. The minimum atomic E-state index is -3.81. The molecule has 0 aliphatic rings. The zero-order chi connectivity index (χ0) is 15.7. The van der Waals surface area contributed by atoms with E-state index in [0.29, 0.717) is 15.7 Å². The van der Waals surface area contributed by atoms with Crippen molar-refractivity contribution in [3.05, 3.63) is 47.2 Å². The highest BCUT2D eigenvalue weighted by Crippen LogP contribution is 2.30. The molecule has 0 bridgehead atoms. The second kappa shape index (κ2) is 5.62. The van der Waals surface area contributed by atoms with Gasteiger partial charge in [0, 0.05) is 4.47 Å². The Labute approximate surface area is 135 Å². The Morgan fingerprint density at radius 1 is 1.27 bits per heavy atom. The quantitative estimate of drug-likeness (QED) is 0.726. The lowest BCUT2D eigenvalue weighted by molar-refractivity contribution is 0.403. The van der Waals surface area contributed by atoms with E-state index in [1.807, 2.05) is 6.07 Å². The molecule has 3 rings (SSSR count). The molecule has 0 unspecified atom stereocenters. The lowest BCUT2D eigenvalue weighted by atomic mass is 10.3. The van der Waals surface area contributed by atoms with Crippen molar-refractivity contribution in [1.82, 2.24) is 9.97 Å². The normalized spacial score (nSPS) is 11.5. The predicted molar refractivity (Wildman–Crippen MR) is 87.6 cm³/mol. The summed E-state index contributed by atoms with van der Waals surface area (Å²) in [7, 11) is -2.38. The van der Waals surface area contributed by atoms with Crippen LogP contribution in [0.2, 0.25) is 0 Å². The number of para-hydroxylation sites is 1. The number of hydrogen-bond donors (Lipinski definition) is 2. The third-order valence-corrected chi connectivity index (χ3v) is 4.99. The maximum atomic E-state index is 12.6. The third-order valence-electron chi connectivity index (χ3n) is 3.11. The summed E-state index contributed by atoms with van der Waals surface area (Å²) >= 11 is 3.27. The van der Waals surface area contributed by atoms with Gasteiger partial charge in [-0.2, -0.15) is 0 Å². The van der Waals surface area contributed by atoms with E-state index in [9.17, 15) is 8.42 Å². The number of nitrogens with one attached hydrogen (secondary N) is 2. The first-order chi connectivity index (χ1) is 10.5. The van der Waals surface area contributed by atoms with Crippen LogP contribution in [0.3, 0.4) is 0 Å². The number of halogens is 1. The van der Waals surface area contributed by atoms with E-state index in [1.54, 1.807) is 24.3 Å². The molecule has 3 aromatic rings. The van der Waals surface area contributed by atoms with Gasteiger partial charge in [0.2, 0.25) is 0 Å². The van der Waals surface area contributed by atoms with Crippen LogP contribution in [0.15, 0.2) is 52.1 Å². The van der Waals surface area contributed by atoms with Gasteiger partial charge in [-0.25, -0.2) is 13.4 Å². The molecule has 0 atom stereocenters. The maximum Gasteiger partial charge on any atom is 0.265 e. The highest BCUT2D eigenvalue weighted by atomic mass is 79.9. The van der Waals surface area contributed by atoms with Crippen molar-refractivity contribution in [2.75, 3.05) is 11.8 Å². The van der Waals surface area contributed by atoms with Crippen LogP contribution in [0.25, 0.3) is 11.0 Å². The summed E-state index contributed by atoms with van der Waals surface area (Å²) in [5.74, 6) is 0.268. The van der Waals surface area contributed by atoms with Gasteiger partial charge < -0.3 is 9.72 Å². The predicted octanol–water partition coefficient (Wildman–Crippen LogP) is 3.13. The number of aromatic amines is 1. The van der Waals surface area contributed by atoms with Crippen molar-refractivity contribution in [2.24, 2.45) is 0 Å². The molecule has 0 saturated carbocycles. The first kappa shape index (κ1) is 14.9. The minimum absolute atomic E-state index is 0.0527. The zero-order valence-electron chi connectivity index (χ0n) is 11.5. The molecule has 0 amide bonds. The fourth-order valence-corrected chi connectivity index (χ4v) is 3.88. The Kier molecular flexibility index (Phi) is 3.79. The molecule has 0 aliphatic carbocycles. The molecule has 114 valence electrons. The molecule has 8 heteroatoms. The van der Waals surface area contributed by atoms with Crippen LogP contribution in [0.1, 0.15) is 0 Å². The Morgan fingerprint density at radius 3 is 2.86 bits per heavy atom. The summed E-state index contributed by atoms with van der Waals surface area (Å²) in [5, 5.41) is 0. The third kappa shape index (κ3) is 2.67. The Bertz CT molecular complexity index is 937. The number of ether oxygens (including phenoxy) is 1. The number of fused-ring (bicyclic) bond motifs is 1. The summed E-state index contributed by atoms with van der Waals surface area (Å²) in [6.45, 7) is 0. The average molecular weight is 382 g/mol. The van der Waals surface area contributed by atoms with Gasteiger partial charge in [0.25, 0.3) is 10.0 Å². The van der Waals surface area contributed by atoms with Crippen LogP contribution < -0.4 is 9.46 Å². The van der Waals surface area contributed by atoms with E-state index in [1.165, 1.54) is 19.5 Å². The monoisotopic (exact) mass is 381 g/mol. The second-order valence-electron chi connectivity index (χ2n) is 4.50. The van der Waals surface area contributed by atoms with Crippen LogP contribution >= 0.6 is 15.9 Å². The standard InChI is InChI=1S/C14H12BrN3O3S/c1-21-12-6-5-9(15)7-13(12)22(19,20)18-11-4-2-3-10-14(11)17-8-16-10/h2-8,18H,1H3,(H,16,17). The SMILES string of the molecule is COc1ccc(Br)cc1S(=O)(=O)Nc1cccc2[nH]cnc12. The molecular weight excluding hydrogens is 370 g/mol. The summed E-state index contributed by atoms with van der Waals surface area (Å²) < 4.78 is 33.6. The molecule has 6 nitrogen and oxygen atoms in total. The lowest BCUT2D eigenvalue weighted by Gasteiger charge is -2.12. The van der Waals surface area contributed by atoms with Gasteiger partial charge >= 0.3 is 0 Å². The largest absolute Gasteiger partial charge is 0.495 e. The van der Waals surface area contributed by atoms with Crippen molar-refractivity contribution in [2.45, 2.75) is 4.90 Å². The first-order valence-corrected chi connectivity index (χ1v) is 8.57. The highest BCUT2D eigenvalue weighted by molar-refractivity contribution is 9.10. The number of anilines is 1. The summed E-state index contributed by atoms with van der Waals surface area (Å²) in [5.41, 5.74) is 1.71. The Hall–Kier alpha value is -2.06. The van der Waals surface area contributed by atoms with Crippen LogP contribution in [0, 0.1) is 0 Å². The minimum Gasteiger partial charge on any atom is -0.495 e. The van der Waals surface area contributed by atoms with Crippen molar-refractivity contribution in [3.63, 3.8) is 0 Å². The molecule has 2 aromatic carbocycles. The number of rotatable bonds is 4. The van der Waals surface area contributed by atoms with Gasteiger partial charge in [-0.3, -0.25) is 4.72 Å². The number of aromatic nitrogens is 2. The topological polar surface area (TPSA) is 84.1 Å². The number of imidazole rings is 1. The number of H-pyrrole nitrogens is 1. The van der Waals surface area contributed by atoms with Gasteiger partial charge in [0.05, 0.1) is 24.6 Å². The Balaban J connectivity index is 2.08. The fourth-order valence-electron chi connectivity index (χ4n) is 2.11. The van der Waals surface area contributed by atoms with Crippen LogP contribution in [0.4, 0.5) is 5.69 Å². The molecule has 1 aromatic heterocycles. The van der Waals surface area contributed by atoms with E-state index in [4.69, 9.17) is 4.74 Å². The van der Waals surface area contributed by atoms with E-state index >= 15 is 0 Å². The lowest BCUT2D eigenvalue weighted by Crippen LogP contribution is -2.14. The zero-order valence-corrected chi connectivity index (χ0v) is 13.9. The van der Waals surface area contributed by atoms with Crippen molar-refractivity contribution in [1.29, 1.82) is 0 Å². The molecule has 0 radical (unpaired) electrons. The molecule has 22 heavy (non-hydrogen) atoms. The van der Waals surface area contributed by atoms with Crippen molar-refractivity contribution in [3.8, 4) is 5.75 Å². The number of hydrogen-bond acceptors (Lipinski definition) is 4. The van der Waals surface area contributed by atoms with Gasteiger partial charge in [-0.05, 0) is 30.3 Å². The summed E-state index contributed by atoms with van der Waals surface area (Å²) in [6.07, 6.45) is 1.52.